The summed E-state index contributed by atoms with van der Waals surface area (Å²) in [5, 5.41) is 5.40. The zero-order chi connectivity index (χ0) is 13.8. The van der Waals surface area contributed by atoms with Crippen molar-refractivity contribution in [3.63, 3.8) is 0 Å². The molecule has 0 spiro atoms. The lowest BCUT2D eigenvalue weighted by Gasteiger charge is -2.08. The molecule has 0 N–H and O–H groups in total. The Morgan fingerprint density at radius 2 is 2.05 bits per heavy atom. The maximum absolute atomic E-state index is 13.2. The molecule has 5 heteroatoms. The average molecular weight is 375 g/mol. The minimum atomic E-state index is -0.198. The number of rotatable bonds is 6. The molecular weight excluding hydrogens is 356 g/mol. The van der Waals surface area contributed by atoms with Gasteiger partial charge in [-0.15, -0.1) is 0 Å². The van der Waals surface area contributed by atoms with Gasteiger partial charge in [-0.05, 0) is 74.3 Å². The van der Waals surface area contributed by atoms with E-state index < -0.39 is 0 Å². The Kier molecular flexibility index (Phi) is 5.15. The van der Waals surface area contributed by atoms with Crippen molar-refractivity contribution in [2.24, 2.45) is 0 Å². The van der Waals surface area contributed by atoms with E-state index in [2.05, 4.69) is 46.7 Å². The standard InChI is InChI=1S/C14H19FIN3/c1-18(2)8-4-3-5-9-19-13-7-6-11(15)10-12(13)14(16)17-19/h6-7,10H,3-5,8-9H2,1-2H3. The Labute approximate surface area is 126 Å². The third kappa shape index (κ3) is 3.89. The van der Waals surface area contributed by atoms with Gasteiger partial charge in [0, 0.05) is 11.9 Å². The number of halogens is 2. The number of benzene rings is 1. The fourth-order valence-electron chi connectivity index (χ4n) is 2.15. The lowest BCUT2D eigenvalue weighted by molar-refractivity contribution is 0.387. The first kappa shape index (κ1) is 14.7. The molecule has 1 aromatic carbocycles. The smallest absolute Gasteiger partial charge is 0.131 e. The maximum Gasteiger partial charge on any atom is 0.131 e. The van der Waals surface area contributed by atoms with Crippen LogP contribution >= 0.6 is 22.6 Å². The van der Waals surface area contributed by atoms with Crippen LogP contribution in [0.1, 0.15) is 19.3 Å². The first-order valence-electron chi connectivity index (χ1n) is 6.54. The molecule has 0 aliphatic carbocycles. The monoisotopic (exact) mass is 375 g/mol. The van der Waals surface area contributed by atoms with Crippen LogP contribution in [-0.2, 0) is 6.54 Å². The molecule has 1 aromatic heterocycles. The number of aryl methyl sites for hydroxylation is 1. The quantitative estimate of drug-likeness (QED) is 0.569. The number of aromatic nitrogens is 2. The number of nitrogens with zero attached hydrogens (tertiary/aromatic N) is 3. The SMILES string of the molecule is CN(C)CCCCCn1nc(I)c2cc(F)ccc21. The van der Waals surface area contributed by atoms with Crippen molar-refractivity contribution in [3.05, 3.63) is 27.7 Å². The van der Waals surface area contributed by atoms with Crippen LogP contribution in [0.15, 0.2) is 18.2 Å². The van der Waals surface area contributed by atoms with Gasteiger partial charge in [-0.25, -0.2) is 4.39 Å². The molecule has 1 heterocycles. The first-order chi connectivity index (χ1) is 9.08. The second kappa shape index (κ2) is 6.65. The molecule has 0 fully saturated rings. The van der Waals surface area contributed by atoms with Crippen molar-refractivity contribution in [2.45, 2.75) is 25.8 Å². The molecule has 0 saturated heterocycles. The Morgan fingerprint density at radius 1 is 1.26 bits per heavy atom. The van der Waals surface area contributed by atoms with Crippen LogP contribution in [-0.4, -0.2) is 35.3 Å². The van der Waals surface area contributed by atoms with Gasteiger partial charge in [0.05, 0.1) is 5.52 Å². The van der Waals surface area contributed by atoms with Crippen LogP contribution < -0.4 is 0 Å². The first-order valence-corrected chi connectivity index (χ1v) is 7.62. The van der Waals surface area contributed by atoms with Gasteiger partial charge in [0.25, 0.3) is 0 Å². The van der Waals surface area contributed by atoms with Gasteiger partial charge in [-0.1, -0.05) is 6.42 Å². The fraction of sp³-hybridized carbons (Fsp3) is 0.500. The van der Waals surface area contributed by atoms with E-state index in [1.807, 2.05) is 10.7 Å². The van der Waals surface area contributed by atoms with Crippen molar-refractivity contribution in [1.82, 2.24) is 14.7 Å². The summed E-state index contributed by atoms with van der Waals surface area (Å²) in [5.74, 6) is -0.198. The fourth-order valence-corrected chi connectivity index (χ4v) is 2.84. The number of hydrogen-bond donors (Lipinski definition) is 0. The zero-order valence-corrected chi connectivity index (χ0v) is 13.5. The van der Waals surface area contributed by atoms with E-state index in [1.54, 1.807) is 6.07 Å². The van der Waals surface area contributed by atoms with Gasteiger partial charge < -0.3 is 4.90 Å². The highest BCUT2D eigenvalue weighted by molar-refractivity contribution is 14.1. The van der Waals surface area contributed by atoms with Crippen molar-refractivity contribution >= 4 is 33.5 Å². The average Bonchev–Trinajstić information content (AvgIpc) is 2.65. The van der Waals surface area contributed by atoms with E-state index in [-0.39, 0.29) is 5.82 Å². The Morgan fingerprint density at radius 3 is 2.79 bits per heavy atom. The lowest BCUT2D eigenvalue weighted by Crippen LogP contribution is -2.13. The van der Waals surface area contributed by atoms with Crippen LogP contribution in [0.25, 0.3) is 10.9 Å². The summed E-state index contributed by atoms with van der Waals surface area (Å²) in [6.07, 6.45) is 3.51. The minimum Gasteiger partial charge on any atom is -0.309 e. The highest BCUT2D eigenvalue weighted by Crippen LogP contribution is 2.21. The van der Waals surface area contributed by atoms with Gasteiger partial charge in [0.2, 0.25) is 0 Å². The van der Waals surface area contributed by atoms with Crippen molar-refractivity contribution < 1.29 is 4.39 Å². The number of fused-ring (bicyclic) bond motifs is 1. The van der Waals surface area contributed by atoms with E-state index >= 15 is 0 Å². The van der Waals surface area contributed by atoms with Gasteiger partial charge in [-0.3, -0.25) is 4.68 Å². The van der Waals surface area contributed by atoms with E-state index in [4.69, 9.17) is 0 Å². The summed E-state index contributed by atoms with van der Waals surface area (Å²) in [7, 11) is 4.19. The maximum atomic E-state index is 13.2. The molecular formula is C14H19FIN3. The second-order valence-electron chi connectivity index (χ2n) is 5.04. The summed E-state index contributed by atoms with van der Waals surface area (Å²) >= 11 is 2.17. The highest BCUT2D eigenvalue weighted by atomic mass is 127. The van der Waals surface area contributed by atoms with Crippen LogP contribution in [0.2, 0.25) is 0 Å². The van der Waals surface area contributed by atoms with E-state index in [1.165, 1.54) is 18.9 Å². The van der Waals surface area contributed by atoms with Crippen LogP contribution in [0.3, 0.4) is 0 Å². The van der Waals surface area contributed by atoms with Crippen LogP contribution in [0, 0.1) is 9.52 Å². The van der Waals surface area contributed by atoms with Crippen LogP contribution in [0.5, 0.6) is 0 Å². The summed E-state index contributed by atoms with van der Waals surface area (Å²) in [6, 6.07) is 4.88. The minimum absolute atomic E-state index is 0.198. The molecule has 0 aliphatic rings. The summed E-state index contributed by atoms with van der Waals surface area (Å²) in [6.45, 7) is 2.03. The molecule has 104 valence electrons. The van der Waals surface area contributed by atoms with E-state index in [0.717, 1.165) is 34.1 Å². The van der Waals surface area contributed by atoms with E-state index in [9.17, 15) is 4.39 Å². The Balaban J connectivity index is 1.97. The summed E-state index contributed by atoms with van der Waals surface area (Å²) in [4.78, 5) is 2.20. The third-order valence-corrected chi connectivity index (χ3v) is 3.94. The predicted octanol–water partition coefficient (Wildman–Crippen LogP) is 3.51. The Bertz CT molecular complexity index is 551. The summed E-state index contributed by atoms with van der Waals surface area (Å²) < 4.78 is 16.1. The normalized spacial score (nSPS) is 11.6. The Hall–Kier alpha value is -0.690. The van der Waals surface area contributed by atoms with Gasteiger partial charge in [-0.2, -0.15) is 5.10 Å². The number of hydrogen-bond acceptors (Lipinski definition) is 2. The van der Waals surface area contributed by atoms with Crippen molar-refractivity contribution in [1.29, 1.82) is 0 Å². The zero-order valence-electron chi connectivity index (χ0n) is 11.4. The number of unbranched alkanes of at least 4 members (excludes halogenated alkanes) is 2. The topological polar surface area (TPSA) is 21.1 Å². The second-order valence-corrected chi connectivity index (χ2v) is 6.06. The largest absolute Gasteiger partial charge is 0.309 e. The highest BCUT2D eigenvalue weighted by Gasteiger charge is 2.08. The van der Waals surface area contributed by atoms with Crippen molar-refractivity contribution in [3.8, 4) is 0 Å². The molecule has 0 amide bonds. The van der Waals surface area contributed by atoms with Gasteiger partial charge in [0.15, 0.2) is 0 Å². The molecule has 0 saturated carbocycles. The summed E-state index contributed by atoms with van der Waals surface area (Å²) in [5.41, 5.74) is 1.03. The molecule has 0 bridgehead atoms. The molecule has 0 aliphatic heterocycles. The molecule has 0 unspecified atom stereocenters. The predicted molar refractivity (Wildman–Crippen MR) is 84.8 cm³/mol. The van der Waals surface area contributed by atoms with E-state index in [0.29, 0.717) is 0 Å². The molecule has 0 atom stereocenters. The third-order valence-electron chi connectivity index (χ3n) is 3.14. The van der Waals surface area contributed by atoms with Crippen molar-refractivity contribution in [2.75, 3.05) is 20.6 Å². The molecule has 3 nitrogen and oxygen atoms in total. The van der Waals surface area contributed by atoms with Gasteiger partial charge >= 0.3 is 0 Å². The molecule has 0 radical (unpaired) electrons. The molecule has 19 heavy (non-hydrogen) atoms. The van der Waals surface area contributed by atoms with Gasteiger partial charge in [0.1, 0.15) is 9.52 Å². The lowest BCUT2D eigenvalue weighted by atomic mass is 10.2. The molecule has 2 aromatic rings. The van der Waals surface area contributed by atoms with Crippen LogP contribution in [0.4, 0.5) is 4.39 Å². The molecule has 2 rings (SSSR count).